The zero-order valence-corrected chi connectivity index (χ0v) is 17.5. The summed E-state index contributed by atoms with van der Waals surface area (Å²) in [5, 5.41) is 0. The molecular weight excluding hydrogens is 388 g/mol. The van der Waals surface area contributed by atoms with Gasteiger partial charge in [0.05, 0.1) is 32.7 Å². The molecule has 4 rings (SSSR count). The summed E-state index contributed by atoms with van der Waals surface area (Å²) >= 11 is 0. The van der Waals surface area contributed by atoms with Crippen LogP contribution in [0.2, 0.25) is 0 Å². The molecule has 1 aliphatic heterocycles. The van der Waals surface area contributed by atoms with Crippen LogP contribution in [0.4, 0.5) is 0 Å². The molecule has 3 aromatic carbocycles. The van der Waals surface area contributed by atoms with E-state index >= 15 is 0 Å². The van der Waals surface area contributed by atoms with Gasteiger partial charge in [-0.15, -0.1) is 0 Å². The summed E-state index contributed by atoms with van der Waals surface area (Å²) < 4.78 is 24.4. The molecule has 0 bridgehead atoms. The molecule has 0 spiro atoms. The number of rotatable bonds is 10. The van der Waals surface area contributed by atoms with Crippen LogP contribution in [0.5, 0.6) is 0 Å². The van der Waals surface area contributed by atoms with E-state index in [1.165, 1.54) is 0 Å². The molecule has 0 fully saturated rings. The van der Waals surface area contributed by atoms with Gasteiger partial charge >= 0.3 is 0 Å². The highest BCUT2D eigenvalue weighted by Gasteiger charge is 2.34. The Labute approximate surface area is 184 Å². The van der Waals surface area contributed by atoms with Crippen LogP contribution in [0, 0.1) is 0 Å². The number of hydrogen-bond acceptors (Lipinski definition) is 4. The fourth-order valence-corrected chi connectivity index (χ4v) is 3.51. The molecule has 0 N–H and O–H groups in total. The summed E-state index contributed by atoms with van der Waals surface area (Å²) in [5.41, 5.74) is 3.37. The molecule has 0 unspecified atom stereocenters. The lowest BCUT2D eigenvalue weighted by atomic mass is 10.1. The van der Waals surface area contributed by atoms with Gasteiger partial charge in [0, 0.05) is 0 Å². The maximum absolute atomic E-state index is 6.30. The summed E-state index contributed by atoms with van der Waals surface area (Å²) in [6, 6.07) is 30.4. The molecule has 3 aromatic rings. The Morgan fingerprint density at radius 2 is 1.13 bits per heavy atom. The van der Waals surface area contributed by atoms with Crippen LogP contribution < -0.4 is 0 Å². The fourth-order valence-electron chi connectivity index (χ4n) is 3.51. The van der Waals surface area contributed by atoms with Crippen molar-refractivity contribution >= 4 is 0 Å². The van der Waals surface area contributed by atoms with Crippen molar-refractivity contribution in [3.63, 3.8) is 0 Å². The summed E-state index contributed by atoms with van der Waals surface area (Å²) in [7, 11) is 0. The van der Waals surface area contributed by atoms with Crippen LogP contribution in [0.25, 0.3) is 0 Å². The Hall–Kier alpha value is -2.92. The molecule has 0 saturated carbocycles. The lowest BCUT2D eigenvalue weighted by Gasteiger charge is -2.34. The Balaban J connectivity index is 1.39. The zero-order valence-electron chi connectivity index (χ0n) is 17.5. The van der Waals surface area contributed by atoms with Crippen molar-refractivity contribution < 1.29 is 18.9 Å². The van der Waals surface area contributed by atoms with Crippen LogP contribution >= 0.6 is 0 Å². The first-order valence-electron chi connectivity index (χ1n) is 10.6. The lowest BCUT2D eigenvalue weighted by molar-refractivity contribution is -0.147. The van der Waals surface area contributed by atoms with Crippen molar-refractivity contribution in [3.8, 4) is 0 Å². The Bertz CT molecular complexity index is 912. The largest absolute Gasteiger partial charge is 0.493 e. The van der Waals surface area contributed by atoms with Crippen molar-refractivity contribution in [2.75, 3.05) is 6.61 Å². The van der Waals surface area contributed by atoms with Crippen LogP contribution in [0.3, 0.4) is 0 Å². The molecule has 31 heavy (non-hydrogen) atoms. The SMILES string of the molecule is C1=C[C@H](OCc2ccccc2)[C@H](OCc2ccccc2)[C@@H](COCc2ccccc2)O1. The molecule has 0 saturated heterocycles. The average Bonchev–Trinajstić information content (AvgIpc) is 2.84. The molecule has 3 atom stereocenters. The Kier molecular flexibility index (Phi) is 7.88. The molecule has 0 amide bonds. The van der Waals surface area contributed by atoms with E-state index < -0.39 is 0 Å². The van der Waals surface area contributed by atoms with Gasteiger partial charge in [-0.25, -0.2) is 0 Å². The van der Waals surface area contributed by atoms with Crippen molar-refractivity contribution in [1.82, 2.24) is 0 Å². The van der Waals surface area contributed by atoms with Gasteiger partial charge in [-0.1, -0.05) is 91.0 Å². The van der Waals surface area contributed by atoms with Crippen LogP contribution in [0.15, 0.2) is 103 Å². The molecular formula is C27H28O4. The maximum atomic E-state index is 6.30. The predicted octanol–water partition coefficient (Wildman–Crippen LogP) is 5.29. The zero-order chi connectivity index (χ0) is 21.1. The molecule has 4 heteroatoms. The second-order valence-electron chi connectivity index (χ2n) is 7.53. The first kappa shape index (κ1) is 21.3. The number of ether oxygens (including phenoxy) is 4. The predicted molar refractivity (Wildman–Crippen MR) is 120 cm³/mol. The van der Waals surface area contributed by atoms with Crippen LogP contribution in [0.1, 0.15) is 16.7 Å². The van der Waals surface area contributed by atoms with Gasteiger partial charge in [0.15, 0.2) is 0 Å². The van der Waals surface area contributed by atoms with Crippen LogP contribution in [-0.4, -0.2) is 24.9 Å². The smallest absolute Gasteiger partial charge is 0.150 e. The second kappa shape index (κ2) is 11.5. The standard InChI is InChI=1S/C27H28O4/c1-4-10-22(11-5-1)18-28-21-26-27(31-20-24-14-8-3-9-15-24)25(16-17-29-26)30-19-23-12-6-2-7-13-23/h1-17,25-27H,18-21H2/t25-,26+,27-/m0/s1. The van der Waals surface area contributed by atoms with E-state index in [9.17, 15) is 0 Å². The summed E-state index contributed by atoms with van der Waals surface area (Å²) in [6.45, 7) is 1.96. The minimum absolute atomic E-state index is 0.219. The molecule has 4 nitrogen and oxygen atoms in total. The van der Waals surface area contributed by atoms with Gasteiger partial charge in [0.2, 0.25) is 0 Å². The molecule has 0 radical (unpaired) electrons. The quantitative estimate of drug-likeness (QED) is 0.450. The first-order valence-corrected chi connectivity index (χ1v) is 10.6. The van der Waals surface area contributed by atoms with Gasteiger partial charge in [0.1, 0.15) is 18.3 Å². The lowest BCUT2D eigenvalue weighted by Crippen LogP contribution is -2.45. The second-order valence-corrected chi connectivity index (χ2v) is 7.53. The third-order valence-electron chi connectivity index (χ3n) is 5.18. The van der Waals surface area contributed by atoms with Gasteiger partial charge in [-0.05, 0) is 22.8 Å². The van der Waals surface area contributed by atoms with Crippen molar-refractivity contribution in [2.45, 2.75) is 38.1 Å². The van der Waals surface area contributed by atoms with Crippen molar-refractivity contribution in [1.29, 1.82) is 0 Å². The van der Waals surface area contributed by atoms with E-state index in [1.807, 2.05) is 60.7 Å². The number of benzene rings is 3. The fraction of sp³-hybridized carbons (Fsp3) is 0.259. The topological polar surface area (TPSA) is 36.9 Å². The Morgan fingerprint density at radius 1 is 0.613 bits per heavy atom. The van der Waals surface area contributed by atoms with Gasteiger partial charge < -0.3 is 18.9 Å². The van der Waals surface area contributed by atoms with Crippen LogP contribution in [-0.2, 0) is 38.8 Å². The molecule has 1 heterocycles. The van der Waals surface area contributed by atoms with E-state index in [-0.39, 0.29) is 18.3 Å². The van der Waals surface area contributed by atoms with Gasteiger partial charge in [0.25, 0.3) is 0 Å². The maximum Gasteiger partial charge on any atom is 0.150 e. The van der Waals surface area contributed by atoms with E-state index in [0.717, 1.165) is 16.7 Å². The third kappa shape index (κ3) is 6.53. The van der Waals surface area contributed by atoms with E-state index in [0.29, 0.717) is 26.4 Å². The molecule has 0 aromatic heterocycles. The number of hydrogen-bond donors (Lipinski definition) is 0. The molecule has 160 valence electrons. The third-order valence-corrected chi connectivity index (χ3v) is 5.18. The Morgan fingerprint density at radius 3 is 1.71 bits per heavy atom. The first-order chi connectivity index (χ1) is 15.4. The monoisotopic (exact) mass is 416 g/mol. The summed E-state index contributed by atoms with van der Waals surface area (Å²) in [5.74, 6) is 0. The normalized spacial score (nSPS) is 20.3. The van der Waals surface area contributed by atoms with E-state index in [1.54, 1.807) is 6.26 Å². The summed E-state index contributed by atoms with van der Waals surface area (Å²) in [6.07, 6.45) is 2.88. The highest BCUT2D eigenvalue weighted by atomic mass is 16.6. The average molecular weight is 417 g/mol. The summed E-state index contributed by atoms with van der Waals surface area (Å²) in [4.78, 5) is 0. The highest BCUT2D eigenvalue weighted by molar-refractivity contribution is 5.15. The van der Waals surface area contributed by atoms with E-state index in [2.05, 4.69) is 36.4 Å². The highest BCUT2D eigenvalue weighted by Crippen LogP contribution is 2.22. The van der Waals surface area contributed by atoms with Gasteiger partial charge in [-0.3, -0.25) is 0 Å². The van der Waals surface area contributed by atoms with Crippen molar-refractivity contribution in [2.24, 2.45) is 0 Å². The van der Waals surface area contributed by atoms with Gasteiger partial charge in [-0.2, -0.15) is 0 Å². The van der Waals surface area contributed by atoms with Crippen molar-refractivity contribution in [3.05, 3.63) is 120 Å². The van der Waals surface area contributed by atoms with E-state index in [4.69, 9.17) is 18.9 Å². The molecule has 1 aliphatic rings. The minimum Gasteiger partial charge on any atom is -0.493 e. The molecule has 0 aliphatic carbocycles. The minimum atomic E-state index is -0.273.